The fourth-order valence-corrected chi connectivity index (χ4v) is 1.31. The molecule has 1 aromatic carbocycles. The number of aryl methyl sites for hydroxylation is 1. The van der Waals surface area contributed by atoms with Crippen LogP contribution in [0.4, 0.5) is 0 Å². The summed E-state index contributed by atoms with van der Waals surface area (Å²) >= 11 is -2.08. The van der Waals surface area contributed by atoms with Gasteiger partial charge in [-0.1, -0.05) is 30.3 Å². The maximum Gasteiger partial charge on any atom is 0.307 e. The lowest BCUT2D eigenvalue weighted by atomic mass is 10.1. The van der Waals surface area contributed by atoms with E-state index in [1.165, 1.54) is 0 Å². The van der Waals surface area contributed by atoms with E-state index in [2.05, 4.69) is 4.74 Å². The second-order valence-corrected chi connectivity index (χ2v) is 3.82. The van der Waals surface area contributed by atoms with Crippen LogP contribution in [-0.2, 0) is 27.0 Å². The molecule has 0 aromatic heterocycles. The number of carbonyl (C=O) groups excluding carboxylic acids is 1. The zero-order chi connectivity index (χ0) is 11.1. The van der Waals surface area contributed by atoms with Gasteiger partial charge in [-0.3, -0.25) is 4.79 Å². The van der Waals surface area contributed by atoms with Crippen LogP contribution in [-0.4, -0.2) is 20.7 Å². The van der Waals surface area contributed by atoms with Crippen molar-refractivity contribution in [3.05, 3.63) is 35.9 Å². The second kappa shape index (κ2) is 6.31. The number of rotatable bonds is 5. The molecule has 15 heavy (non-hydrogen) atoms. The molecular formula is C10H12O4S. The number of hydrogen-bond donors (Lipinski definition) is 1. The van der Waals surface area contributed by atoms with Crippen molar-refractivity contribution >= 4 is 17.0 Å². The Bertz CT molecular complexity index is 337. The van der Waals surface area contributed by atoms with Crippen LogP contribution >= 0.6 is 0 Å². The first kappa shape index (κ1) is 11.9. The van der Waals surface area contributed by atoms with Gasteiger partial charge in [0.1, 0.15) is 0 Å². The Morgan fingerprint density at radius 3 is 2.60 bits per heavy atom. The van der Waals surface area contributed by atoms with E-state index in [-0.39, 0.29) is 6.42 Å². The van der Waals surface area contributed by atoms with E-state index in [1.54, 1.807) is 0 Å². The summed E-state index contributed by atoms with van der Waals surface area (Å²) in [6.07, 6.45) is 0.805. The molecule has 0 fully saturated rings. The molecule has 0 saturated heterocycles. The van der Waals surface area contributed by atoms with E-state index in [0.29, 0.717) is 6.42 Å². The van der Waals surface area contributed by atoms with Gasteiger partial charge in [0, 0.05) is 6.42 Å². The van der Waals surface area contributed by atoms with E-state index >= 15 is 0 Å². The first-order chi connectivity index (χ1) is 7.18. The van der Waals surface area contributed by atoms with Gasteiger partial charge in [-0.25, -0.2) is 4.21 Å². The van der Waals surface area contributed by atoms with Gasteiger partial charge in [0.2, 0.25) is 0 Å². The van der Waals surface area contributed by atoms with Gasteiger partial charge in [0.05, 0.1) is 0 Å². The Labute approximate surface area is 90.5 Å². The molecule has 1 N–H and O–H groups in total. The Morgan fingerprint density at radius 2 is 2.00 bits per heavy atom. The highest BCUT2D eigenvalue weighted by atomic mass is 32.2. The molecule has 4 nitrogen and oxygen atoms in total. The van der Waals surface area contributed by atoms with Crippen LogP contribution in [0.1, 0.15) is 12.0 Å². The number of benzene rings is 1. The third-order valence-corrected chi connectivity index (χ3v) is 2.10. The molecule has 0 spiro atoms. The maximum absolute atomic E-state index is 11.1. The van der Waals surface area contributed by atoms with Crippen molar-refractivity contribution in [3.8, 4) is 0 Å². The molecule has 0 saturated carbocycles. The molecule has 1 aromatic rings. The second-order valence-electron chi connectivity index (χ2n) is 2.94. The lowest BCUT2D eigenvalue weighted by Gasteiger charge is -2.02. The normalized spacial score (nSPS) is 12.1. The predicted octanol–water partition coefficient (Wildman–Crippen LogP) is 1.34. The predicted molar refractivity (Wildman–Crippen MR) is 56.5 cm³/mol. The first-order valence-electron chi connectivity index (χ1n) is 4.45. The largest absolute Gasteiger partial charge is 0.449 e. The summed E-state index contributed by atoms with van der Waals surface area (Å²) in [5, 5.41) is 0. The van der Waals surface area contributed by atoms with Gasteiger partial charge in [0.25, 0.3) is 0 Å². The van der Waals surface area contributed by atoms with Crippen LogP contribution in [0.15, 0.2) is 30.3 Å². The minimum atomic E-state index is -2.08. The van der Waals surface area contributed by atoms with Crippen molar-refractivity contribution < 1.29 is 18.3 Å². The standard InChI is InChI=1S/C10H12O4S/c11-10(14-8-15(12)13)7-6-9-4-2-1-3-5-9/h1-5H,6-8H2,(H,12,13). The van der Waals surface area contributed by atoms with Gasteiger partial charge in [-0.2, -0.15) is 0 Å². The molecule has 0 aliphatic rings. The van der Waals surface area contributed by atoms with Crippen LogP contribution in [0.25, 0.3) is 0 Å². The average molecular weight is 228 g/mol. The number of carbonyl (C=O) groups is 1. The fraction of sp³-hybridized carbons (Fsp3) is 0.300. The molecule has 0 aliphatic heterocycles. The molecule has 0 amide bonds. The van der Waals surface area contributed by atoms with Crippen LogP contribution in [0.2, 0.25) is 0 Å². The van der Waals surface area contributed by atoms with Gasteiger partial charge in [-0.15, -0.1) is 0 Å². The smallest absolute Gasteiger partial charge is 0.307 e. The lowest BCUT2D eigenvalue weighted by molar-refractivity contribution is -0.141. The zero-order valence-corrected chi connectivity index (χ0v) is 8.90. The SMILES string of the molecule is O=C(CCc1ccccc1)OCS(=O)O. The monoisotopic (exact) mass is 228 g/mol. The summed E-state index contributed by atoms with van der Waals surface area (Å²) in [7, 11) is 0. The van der Waals surface area contributed by atoms with Gasteiger partial charge < -0.3 is 9.29 Å². The van der Waals surface area contributed by atoms with Crippen LogP contribution in [0.3, 0.4) is 0 Å². The summed E-state index contributed by atoms with van der Waals surface area (Å²) in [5.41, 5.74) is 1.04. The highest BCUT2D eigenvalue weighted by Gasteiger charge is 2.04. The maximum atomic E-state index is 11.1. The van der Waals surface area contributed by atoms with E-state index in [4.69, 9.17) is 4.55 Å². The molecule has 0 bridgehead atoms. The Kier molecular flexibility index (Phi) is 5.00. The van der Waals surface area contributed by atoms with E-state index in [1.807, 2.05) is 30.3 Å². The topological polar surface area (TPSA) is 63.6 Å². The molecule has 0 heterocycles. The quantitative estimate of drug-likeness (QED) is 0.610. The molecule has 0 aliphatic carbocycles. The van der Waals surface area contributed by atoms with Crippen LogP contribution < -0.4 is 0 Å². The van der Waals surface area contributed by atoms with Crippen molar-refractivity contribution in [2.45, 2.75) is 12.8 Å². The molecule has 0 radical (unpaired) electrons. The van der Waals surface area contributed by atoms with Gasteiger partial charge in [0.15, 0.2) is 17.0 Å². The number of ether oxygens (including phenoxy) is 1. The summed E-state index contributed by atoms with van der Waals surface area (Å²) < 4.78 is 23.1. The minimum absolute atomic E-state index is 0.223. The number of hydrogen-bond acceptors (Lipinski definition) is 3. The molecule has 1 atom stereocenters. The highest BCUT2D eigenvalue weighted by Crippen LogP contribution is 2.03. The lowest BCUT2D eigenvalue weighted by Crippen LogP contribution is -2.09. The summed E-state index contributed by atoms with van der Waals surface area (Å²) in [5.74, 6) is -0.908. The van der Waals surface area contributed by atoms with Crippen molar-refractivity contribution in [1.82, 2.24) is 0 Å². The van der Waals surface area contributed by atoms with Gasteiger partial charge >= 0.3 is 5.97 Å². The molecule has 1 unspecified atom stereocenters. The van der Waals surface area contributed by atoms with E-state index < -0.39 is 23.0 Å². The number of esters is 1. The molecule has 1 rings (SSSR count). The van der Waals surface area contributed by atoms with Crippen LogP contribution in [0, 0.1) is 0 Å². The van der Waals surface area contributed by atoms with Gasteiger partial charge in [-0.05, 0) is 12.0 Å². The fourth-order valence-electron chi connectivity index (χ4n) is 1.08. The third kappa shape index (κ3) is 5.29. The van der Waals surface area contributed by atoms with E-state index in [9.17, 15) is 9.00 Å². The third-order valence-electron chi connectivity index (χ3n) is 1.78. The summed E-state index contributed by atoms with van der Waals surface area (Å²) in [6.45, 7) is 0. The van der Waals surface area contributed by atoms with Crippen LogP contribution in [0.5, 0.6) is 0 Å². The molecule has 82 valence electrons. The average Bonchev–Trinajstić information content (AvgIpc) is 2.25. The Balaban J connectivity index is 2.26. The summed E-state index contributed by atoms with van der Waals surface area (Å²) in [6, 6.07) is 9.51. The van der Waals surface area contributed by atoms with Crippen molar-refractivity contribution in [2.24, 2.45) is 0 Å². The highest BCUT2D eigenvalue weighted by molar-refractivity contribution is 7.79. The van der Waals surface area contributed by atoms with Crippen molar-refractivity contribution in [1.29, 1.82) is 0 Å². The molecule has 5 heteroatoms. The Morgan fingerprint density at radius 1 is 1.33 bits per heavy atom. The van der Waals surface area contributed by atoms with Crippen molar-refractivity contribution in [2.75, 3.05) is 5.94 Å². The van der Waals surface area contributed by atoms with Crippen molar-refractivity contribution in [3.63, 3.8) is 0 Å². The Hall–Kier alpha value is -1.20. The summed E-state index contributed by atoms with van der Waals surface area (Å²) in [4.78, 5) is 11.1. The van der Waals surface area contributed by atoms with E-state index in [0.717, 1.165) is 5.56 Å². The minimum Gasteiger partial charge on any atom is -0.449 e. The zero-order valence-electron chi connectivity index (χ0n) is 8.09. The first-order valence-corrected chi connectivity index (χ1v) is 5.73. The molecular weight excluding hydrogens is 216 g/mol.